The fraction of sp³-hybridized carbons (Fsp3) is 0.476. The maximum absolute atomic E-state index is 13.3. The Hall–Kier alpha value is -2.48. The van der Waals surface area contributed by atoms with Gasteiger partial charge in [-0.3, -0.25) is 9.59 Å². The highest BCUT2D eigenvalue weighted by Crippen LogP contribution is 2.38. The first-order valence-electron chi connectivity index (χ1n) is 11.0. The molecular formula is C21H26N4O6S3. The van der Waals surface area contributed by atoms with Gasteiger partial charge in [-0.2, -0.15) is 4.31 Å². The zero-order chi connectivity index (χ0) is 24.5. The van der Waals surface area contributed by atoms with Crippen molar-refractivity contribution in [1.82, 2.24) is 9.21 Å². The van der Waals surface area contributed by atoms with Gasteiger partial charge in [0.05, 0.1) is 18.7 Å². The normalized spacial score (nSPS) is 18.9. The van der Waals surface area contributed by atoms with Gasteiger partial charge in [-0.1, -0.05) is 12.5 Å². The number of primary amides is 1. The molecule has 34 heavy (non-hydrogen) atoms. The topological polar surface area (TPSA) is 139 Å². The number of sulfonamides is 1. The third-order valence-corrected chi connectivity index (χ3v) is 10.3. The molecule has 3 N–H and O–H groups in total. The molecule has 4 heterocycles. The number of nitrogens with zero attached hydrogens (tertiary/aromatic N) is 2. The zero-order valence-corrected chi connectivity index (χ0v) is 21.1. The standard InChI is InChI=1S/C21H26N4O6S3/c1-2-31-21(28)24-10-8-13-15(12-24)33-20(17(13)18(22)26)23-19(27)14-6-3-4-9-25(14)34(29,30)16-7-5-11-32-16/h5,7,11,14H,2-4,6,8-10,12H2,1H3,(H2,22,26)(H,23,27). The fourth-order valence-electron chi connectivity index (χ4n) is 4.30. The highest BCUT2D eigenvalue weighted by molar-refractivity contribution is 7.91. The summed E-state index contributed by atoms with van der Waals surface area (Å²) in [6.45, 7) is 2.84. The molecule has 1 fully saturated rings. The fourth-order valence-corrected chi connectivity index (χ4v) is 8.35. The predicted octanol–water partition coefficient (Wildman–Crippen LogP) is 2.61. The maximum atomic E-state index is 13.3. The molecule has 1 atom stereocenters. The average Bonchev–Trinajstić information content (AvgIpc) is 3.47. The molecule has 3 amide bonds. The zero-order valence-electron chi connectivity index (χ0n) is 18.6. The molecule has 10 nitrogen and oxygen atoms in total. The molecule has 0 aromatic carbocycles. The van der Waals surface area contributed by atoms with E-state index in [0.29, 0.717) is 37.8 Å². The first kappa shape index (κ1) is 24.6. The van der Waals surface area contributed by atoms with Crippen molar-refractivity contribution in [2.45, 2.75) is 49.4 Å². The Morgan fingerprint density at radius 1 is 1.26 bits per heavy atom. The first-order chi connectivity index (χ1) is 16.2. The van der Waals surface area contributed by atoms with Gasteiger partial charge in [0.1, 0.15) is 15.3 Å². The number of hydrogen-bond donors (Lipinski definition) is 2. The summed E-state index contributed by atoms with van der Waals surface area (Å²) < 4.78 is 32.8. The molecule has 2 aromatic rings. The van der Waals surface area contributed by atoms with Crippen LogP contribution in [0, 0.1) is 0 Å². The lowest BCUT2D eigenvalue weighted by Gasteiger charge is -2.33. The summed E-state index contributed by atoms with van der Waals surface area (Å²) in [6, 6.07) is 2.29. The minimum atomic E-state index is -3.81. The molecule has 1 unspecified atom stereocenters. The summed E-state index contributed by atoms with van der Waals surface area (Å²) in [4.78, 5) is 40.0. The summed E-state index contributed by atoms with van der Waals surface area (Å²) >= 11 is 2.29. The van der Waals surface area contributed by atoms with Gasteiger partial charge in [0.2, 0.25) is 5.91 Å². The van der Waals surface area contributed by atoms with Crippen molar-refractivity contribution in [1.29, 1.82) is 0 Å². The Morgan fingerprint density at radius 3 is 2.74 bits per heavy atom. The molecule has 0 bridgehead atoms. The van der Waals surface area contributed by atoms with Crippen molar-refractivity contribution in [2.75, 3.05) is 25.0 Å². The molecule has 4 rings (SSSR count). The van der Waals surface area contributed by atoms with Crippen LogP contribution in [0.4, 0.5) is 9.80 Å². The third-order valence-electron chi connectivity index (χ3n) is 5.88. The lowest BCUT2D eigenvalue weighted by Crippen LogP contribution is -2.49. The summed E-state index contributed by atoms with van der Waals surface area (Å²) in [7, 11) is -3.81. The predicted molar refractivity (Wildman–Crippen MR) is 128 cm³/mol. The Bertz CT molecular complexity index is 1190. The van der Waals surface area contributed by atoms with E-state index in [9.17, 15) is 22.8 Å². The highest BCUT2D eigenvalue weighted by Gasteiger charge is 2.39. The smallest absolute Gasteiger partial charge is 0.410 e. The van der Waals surface area contributed by atoms with Gasteiger partial charge in [0.15, 0.2) is 0 Å². The number of ether oxygens (including phenoxy) is 1. The van der Waals surface area contributed by atoms with Gasteiger partial charge < -0.3 is 20.7 Å². The molecule has 2 aliphatic rings. The number of fused-ring (bicyclic) bond motifs is 1. The number of nitrogens with one attached hydrogen (secondary N) is 1. The monoisotopic (exact) mass is 526 g/mol. The Balaban J connectivity index is 1.59. The largest absolute Gasteiger partial charge is 0.450 e. The van der Waals surface area contributed by atoms with E-state index in [1.54, 1.807) is 18.4 Å². The number of carbonyl (C=O) groups is 3. The summed E-state index contributed by atoms with van der Waals surface area (Å²) in [5.74, 6) is -1.17. The van der Waals surface area contributed by atoms with Crippen molar-refractivity contribution in [3.05, 3.63) is 33.5 Å². The van der Waals surface area contributed by atoms with Crippen LogP contribution in [0.25, 0.3) is 0 Å². The second-order valence-corrected chi connectivity index (χ2v) is 12.2. The van der Waals surface area contributed by atoms with Crippen LogP contribution >= 0.6 is 22.7 Å². The quantitative estimate of drug-likeness (QED) is 0.593. The summed E-state index contributed by atoms with van der Waals surface area (Å²) in [6.07, 6.45) is 1.72. The molecule has 1 saturated heterocycles. The van der Waals surface area contributed by atoms with Crippen molar-refractivity contribution in [2.24, 2.45) is 5.73 Å². The van der Waals surface area contributed by atoms with Crippen LogP contribution in [-0.2, 0) is 32.5 Å². The minimum Gasteiger partial charge on any atom is -0.450 e. The van der Waals surface area contributed by atoms with Crippen LogP contribution in [0.2, 0.25) is 0 Å². The molecular weight excluding hydrogens is 500 g/mol. The first-order valence-corrected chi connectivity index (χ1v) is 14.1. The number of thiophene rings is 2. The number of carbonyl (C=O) groups excluding carboxylic acids is 3. The Labute approximate surface area is 205 Å². The Morgan fingerprint density at radius 2 is 2.06 bits per heavy atom. The molecule has 184 valence electrons. The number of anilines is 1. The van der Waals surface area contributed by atoms with E-state index in [0.717, 1.165) is 16.2 Å². The second-order valence-electron chi connectivity index (χ2n) is 7.99. The van der Waals surface area contributed by atoms with Crippen LogP contribution in [0.5, 0.6) is 0 Å². The van der Waals surface area contributed by atoms with Crippen LogP contribution in [0.3, 0.4) is 0 Å². The van der Waals surface area contributed by atoms with Gasteiger partial charge >= 0.3 is 6.09 Å². The number of hydrogen-bond acceptors (Lipinski definition) is 8. The van der Waals surface area contributed by atoms with E-state index >= 15 is 0 Å². The van der Waals surface area contributed by atoms with Crippen LogP contribution < -0.4 is 11.1 Å². The van der Waals surface area contributed by atoms with Gasteiger partial charge in [-0.05, 0) is 43.2 Å². The molecule has 2 aliphatic heterocycles. The summed E-state index contributed by atoms with van der Waals surface area (Å²) in [5.41, 5.74) is 6.58. The molecule has 0 saturated carbocycles. The lowest BCUT2D eigenvalue weighted by molar-refractivity contribution is -0.120. The van der Waals surface area contributed by atoms with Crippen LogP contribution in [0.1, 0.15) is 47.0 Å². The van der Waals surface area contributed by atoms with Gasteiger partial charge in [-0.25, -0.2) is 13.2 Å². The molecule has 0 aliphatic carbocycles. The van der Waals surface area contributed by atoms with E-state index in [-0.39, 0.29) is 34.5 Å². The number of piperidine rings is 1. The van der Waals surface area contributed by atoms with E-state index in [2.05, 4.69) is 5.32 Å². The van der Waals surface area contributed by atoms with Crippen molar-refractivity contribution in [3.8, 4) is 0 Å². The molecule has 0 radical (unpaired) electrons. The lowest BCUT2D eigenvalue weighted by atomic mass is 10.0. The Kier molecular flexibility index (Phi) is 7.26. The molecule has 2 aromatic heterocycles. The second kappa shape index (κ2) is 10.0. The van der Waals surface area contributed by atoms with Crippen molar-refractivity contribution >= 4 is 55.6 Å². The SMILES string of the molecule is CCOC(=O)N1CCc2c(sc(NC(=O)C3CCCCN3S(=O)(=O)c3cccs3)c2C(N)=O)C1. The summed E-state index contributed by atoms with van der Waals surface area (Å²) in [5, 5.41) is 4.74. The molecule has 13 heteroatoms. The molecule has 0 spiro atoms. The maximum Gasteiger partial charge on any atom is 0.410 e. The van der Waals surface area contributed by atoms with E-state index in [1.165, 1.54) is 26.6 Å². The van der Waals surface area contributed by atoms with Crippen molar-refractivity contribution in [3.63, 3.8) is 0 Å². The highest BCUT2D eigenvalue weighted by atomic mass is 32.2. The third kappa shape index (κ3) is 4.69. The van der Waals surface area contributed by atoms with E-state index in [4.69, 9.17) is 10.5 Å². The number of rotatable bonds is 6. The van der Waals surface area contributed by atoms with Crippen molar-refractivity contribution < 1.29 is 27.5 Å². The van der Waals surface area contributed by atoms with E-state index in [1.807, 2.05) is 0 Å². The average molecular weight is 527 g/mol. The van der Waals surface area contributed by atoms with Crippen LogP contribution in [0.15, 0.2) is 21.7 Å². The number of amides is 3. The van der Waals surface area contributed by atoms with Gasteiger partial charge in [0.25, 0.3) is 15.9 Å². The van der Waals surface area contributed by atoms with Gasteiger partial charge in [-0.15, -0.1) is 22.7 Å². The van der Waals surface area contributed by atoms with Crippen LogP contribution in [-0.4, -0.2) is 61.3 Å². The van der Waals surface area contributed by atoms with E-state index < -0.39 is 34.0 Å². The number of nitrogens with two attached hydrogens (primary N) is 1. The minimum absolute atomic E-state index is 0.190. The van der Waals surface area contributed by atoms with Gasteiger partial charge in [0, 0.05) is 18.0 Å².